The van der Waals surface area contributed by atoms with E-state index < -0.39 is 29.1 Å². The molecule has 0 aliphatic carbocycles. The van der Waals surface area contributed by atoms with Crippen LogP contribution in [-0.2, 0) is 11.2 Å². The third-order valence-corrected chi connectivity index (χ3v) is 1.67. The molecule has 1 rings (SSSR count). The highest BCUT2D eigenvalue weighted by Crippen LogP contribution is 2.11. The number of hydrogen-bond acceptors (Lipinski definition) is 4. The van der Waals surface area contributed by atoms with Crippen molar-refractivity contribution < 1.29 is 34.3 Å². The van der Waals surface area contributed by atoms with Gasteiger partial charge in [0, 0.05) is 0 Å². The van der Waals surface area contributed by atoms with Gasteiger partial charge in [-0.25, -0.2) is 14.4 Å². The lowest BCUT2D eigenvalue weighted by Gasteiger charge is -2.00. The number of carbonyl (C=O) groups is 3. The van der Waals surface area contributed by atoms with Gasteiger partial charge in [-0.3, -0.25) is 0 Å². The summed E-state index contributed by atoms with van der Waals surface area (Å²) in [5.41, 5.74) is -1.10. The van der Waals surface area contributed by atoms with Crippen molar-refractivity contribution in [3.8, 4) is 0 Å². The van der Waals surface area contributed by atoms with E-state index in [-0.39, 0.29) is 16.7 Å². The molecule has 1 aromatic carbocycles. The molecule has 0 saturated heterocycles. The van der Waals surface area contributed by atoms with E-state index in [4.69, 9.17) is 15.3 Å². The molecule has 0 radical (unpaired) electrons. The summed E-state index contributed by atoms with van der Waals surface area (Å²) in [6, 6.07) is 2.70. The third kappa shape index (κ3) is 6.43. The van der Waals surface area contributed by atoms with E-state index >= 15 is 0 Å². The van der Waals surface area contributed by atoms with Crippen molar-refractivity contribution in [2.24, 2.45) is 0 Å². The molecule has 0 unspecified atom stereocenters. The predicted octanol–water partition coefficient (Wildman–Crippen LogP) is 0.776. The molecule has 0 saturated carbocycles. The standard InChI is InChI=1S/C9H6O6.C2H6OS/c10-7(11)4-1-5(8(12)13)3-6(2-4)9(14)15;1-4(2)3/h1-3H,(H,10,11)(H,12,13)(H,14,15);1-2H3. The first-order valence-electron chi connectivity index (χ1n) is 4.75. The van der Waals surface area contributed by atoms with Crippen LogP contribution in [0.25, 0.3) is 0 Å². The highest BCUT2D eigenvalue weighted by Gasteiger charge is 2.14. The maximum absolute atomic E-state index is 10.6. The smallest absolute Gasteiger partial charge is 0.335 e. The largest absolute Gasteiger partial charge is 0.617 e. The average molecular weight is 288 g/mol. The van der Waals surface area contributed by atoms with E-state index in [1.165, 1.54) is 0 Å². The normalized spacial score (nSPS) is 9.47. The minimum Gasteiger partial charge on any atom is -0.617 e. The molecule has 7 nitrogen and oxygen atoms in total. The quantitative estimate of drug-likeness (QED) is 0.699. The van der Waals surface area contributed by atoms with Gasteiger partial charge in [0.2, 0.25) is 0 Å². The Balaban J connectivity index is 0.000000711. The van der Waals surface area contributed by atoms with Crippen LogP contribution in [0, 0.1) is 0 Å². The zero-order chi connectivity index (χ0) is 15.2. The Morgan fingerprint density at radius 3 is 1.11 bits per heavy atom. The summed E-state index contributed by atoms with van der Waals surface area (Å²) in [7, 11) is 0. The molecule has 0 aliphatic rings. The summed E-state index contributed by atoms with van der Waals surface area (Å²) in [5, 5.41) is 25.8. The molecule has 0 heterocycles. The molecule has 0 aromatic heterocycles. The van der Waals surface area contributed by atoms with Crippen molar-refractivity contribution in [3.63, 3.8) is 0 Å². The number of carboxylic acid groups (broad SMARTS) is 3. The minimum atomic E-state index is -1.37. The summed E-state index contributed by atoms with van der Waals surface area (Å²) in [6.07, 6.45) is 3.28. The van der Waals surface area contributed by atoms with Gasteiger partial charge in [0.05, 0.1) is 29.2 Å². The van der Waals surface area contributed by atoms with Crippen molar-refractivity contribution in [1.29, 1.82) is 0 Å². The molecule has 0 atom stereocenters. The maximum atomic E-state index is 10.6. The monoisotopic (exact) mass is 288 g/mol. The molecule has 1 aromatic rings. The first kappa shape index (κ1) is 16.9. The van der Waals surface area contributed by atoms with E-state index in [0.29, 0.717) is 0 Å². The van der Waals surface area contributed by atoms with Crippen molar-refractivity contribution in [2.45, 2.75) is 0 Å². The van der Waals surface area contributed by atoms with Gasteiger partial charge >= 0.3 is 17.9 Å². The lowest BCUT2D eigenvalue weighted by molar-refractivity contribution is 0.0696. The van der Waals surface area contributed by atoms with Crippen LogP contribution < -0.4 is 0 Å². The zero-order valence-electron chi connectivity index (χ0n) is 10.1. The highest BCUT2D eigenvalue weighted by atomic mass is 32.2. The van der Waals surface area contributed by atoms with E-state index in [9.17, 15) is 18.9 Å². The van der Waals surface area contributed by atoms with Crippen LogP contribution in [0.5, 0.6) is 0 Å². The second-order valence-electron chi connectivity index (χ2n) is 3.46. The molecule has 8 heteroatoms. The van der Waals surface area contributed by atoms with Gasteiger partial charge in [0.15, 0.2) is 0 Å². The fraction of sp³-hybridized carbons (Fsp3) is 0.182. The predicted molar refractivity (Wildman–Crippen MR) is 67.3 cm³/mol. The van der Waals surface area contributed by atoms with E-state index in [1.807, 2.05) is 0 Å². The molecule has 0 bridgehead atoms. The molecule has 104 valence electrons. The van der Waals surface area contributed by atoms with Crippen LogP contribution in [0.15, 0.2) is 18.2 Å². The van der Waals surface area contributed by atoms with Crippen LogP contribution >= 0.6 is 0 Å². The van der Waals surface area contributed by atoms with Gasteiger partial charge in [-0.1, -0.05) is 11.2 Å². The Kier molecular flexibility index (Phi) is 6.59. The van der Waals surface area contributed by atoms with Crippen molar-refractivity contribution in [3.05, 3.63) is 34.9 Å². The van der Waals surface area contributed by atoms with Crippen molar-refractivity contribution in [2.75, 3.05) is 12.5 Å². The fourth-order valence-electron chi connectivity index (χ4n) is 0.998. The molecule has 0 spiro atoms. The molecular weight excluding hydrogens is 276 g/mol. The third-order valence-electron chi connectivity index (χ3n) is 1.67. The fourth-order valence-corrected chi connectivity index (χ4v) is 0.998. The van der Waals surface area contributed by atoms with Gasteiger partial charge in [-0.2, -0.15) is 0 Å². The second-order valence-corrected chi connectivity index (χ2v) is 4.94. The first-order valence-corrected chi connectivity index (χ1v) is 6.71. The number of benzene rings is 1. The van der Waals surface area contributed by atoms with Gasteiger partial charge in [-0.15, -0.1) is 0 Å². The summed E-state index contributed by atoms with van der Waals surface area (Å²) >= 11 is -0.611. The summed E-state index contributed by atoms with van der Waals surface area (Å²) in [4.78, 5) is 31.7. The van der Waals surface area contributed by atoms with E-state index in [2.05, 4.69) is 0 Å². The van der Waals surface area contributed by atoms with Crippen LogP contribution in [0.3, 0.4) is 0 Å². The summed E-state index contributed by atoms with van der Waals surface area (Å²) in [5.74, 6) is -4.12. The van der Waals surface area contributed by atoms with E-state index in [0.717, 1.165) is 18.2 Å². The molecule has 19 heavy (non-hydrogen) atoms. The topological polar surface area (TPSA) is 135 Å². The molecule has 3 N–H and O–H groups in total. The van der Waals surface area contributed by atoms with Crippen molar-refractivity contribution in [1.82, 2.24) is 0 Å². The van der Waals surface area contributed by atoms with Gasteiger partial charge in [0.25, 0.3) is 0 Å². The molecule has 0 fully saturated rings. The maximum Gasteiger partial charge on any atom is 0.335 e. The number of aromatic carboxylic acids is 3. The Morgan fingerprint density at radius 1 is 0.842 bits per heavy atom. The van der Waals surface area contributed by atoms with E-state index in [1.54, 1.807) is 12.5 Å². The molecule has 0 aliphatic heterocycles. The summed E-state index contributed by atoms with van der Waals surface area (Å²) in [6.45, 7) is 0. The first-order chi connectivity index (χ1) is 8.65. The lowest BCUT2D eigenvalue weighted by atomic mass is 10.1. The lowest BCUT2D eigenvalue weighted by Crippen LogP contribution is -2.07. The van der Waals surface area contributed by atoms with Crippen LogP contribution in [0.1, 0.15) is 31.1 Å². The zero-order valence-corrected chi connectivity index (χ0v) is 10.9. The SMILES string of the molecule is C[S+](C)[O-].O=C(O)c1cc(C(=O)O)cc(C(=O)O)c1. The highest BCUT2D eigenvalue weighted by molar-refractivity contribution is 7.89. The Bertz CT molecular complexity index is 414. The minimum absolute atomic E-state index is 0.368. The number of rotatable bonds is 3. The van der Waals surface area contributed by atoms with Gasteiger partial charge in [-0.05, 0) is 18.2 Å². The second kappa shape index (κ2) is 7.39. The number of carboxylic acids is 3. The molecule has 0 amide bonds. The van der Waals surface area contributed by atoms with Crippen molar-refractivity contribution >= 4 is 29.1 Å². The average Bonchev–Trinajstić information content (AvgIpc) is 2.27. The Hall–Kier alpha value is -2.06. The Labute approximate surface area is 111 Å². The van der Waals surface area contributed by atoms with Crippen LogP contribution in [0.2, 0.25) is 0 Å². The van der Waals surface area contributed by atoms with Gasteiger partial charge < -0.3 is 19.9 Å². The molecular formula is C11H12O7S. The van der Waals surface area contributed by atoms with Crippen LogP contribution in [-0.4, -0.2) is 50.3 Å². The Morgan fingerprint density at radius 2 is 1.00 bits per heavy atom. The van der Waals surface area contributed by atoms with Crippen LogP contribution in [0.4, 0.5) is 0 Å². The van der Waals surface area contributed by atoms with Gasteiger partial charge in [0.1, 0.15) is 0 Å². The number of hydrogen-bond donors (Lipinski definition) is 3. The summed E-state index contributed by atoms with van der Waals surface area (Å²) < 4.78 is 9.56.